The third-order valence-electron chi connectivity index (χ3n) is 7.70. The van der Waals surface area contributed by atoms with Crippen LogP contribution in [0.2, 0.25) is 0 Å². The van der Waals surface area contributed by atoms with Crippen molar-refractivity contribution in [3.8, 4) is 11.1 Å². The summed E-state index contributed by atoms with van der Waals surface area (Å²) in [5.41, 5.74) is 4.42. The molecule has 2 aromatic carbocycles. The van der Waals surface area contributed by atoms with Gasteiger partial charge in [-0.25, -0.2) is 4.79 Å². The summed E-state index contributed by atoms with van der Waals surface area (Å²) in [4.78, 5) is 36.8. The summed E-state index contributed by atoms with van der Waals surface area (Å²) in [6.07, 6.45) is 4.37. The second-order valence-corrected chi connectivity index (χ2v) is 9.68. The molecule has 3 N–H and O–H groups in total. The summed E-state index contributed by atoms with van der Waals surface area (Å²) in [7, 11) is 0. The molecule has 0 radical (unpaired) electrons. The van der Waals surface area contributed by atoms with Crippen LogP contribution in [-0.2, 0) is 14.3 Å². The maximum Gasteiger partial charge on any atom is 0.407 e. The zero-order valence-corrected chi connectivity index (χ0v) is 19.0. The van der Waals surface area contributed by atoms with Crippen LogP contribution in [0.25, 0.3) is 11.1 Å². The van der Waals surface area contributed by atoms with Gasteiger partial charge in [-0.15, -0.1) is 0 Å². The Morgan fingerprint density at radius 1 is 0.971 bits per heavy atom. The lowest BCUT2D eigenvalue weighted by molar-refractivity contribution is -0.140. The molecular weight excluding hydrogens is 432 g/mol. The number of rotatable bonds is 7. The van der Waals surface area contributed by atoms with Gasteiger partial charge in [-0.05, 0) is 46.9 Å². The number of benzene rings is 2. The molecular formula is C27H30N2O5. The van der Waals surface area contributed by atoms with Gasteiger partial charge >= 0.3 is 12.1 Å². The van der Waals surface area contributed by atoms with Gasteiger partial charge in [0.05, 0.1) is 6.42 Å². The molecule has 5 rings (SSSR count). The fourth-order valence-corrected chi connectivity index (χ4v) is 5.98. The van der Waals surface area contributed by atoms with Gasteiger partial charge in [0.25, 0.3) is 0 Å². The normalized spacial score (nSPS) is 23.5. The molecule has 0 spiro atoms. The van der Waals surface area contributed by atoms with Gasteiger partial charge in [0.15, 0.2) is 0 Å². The Balaban J connectivity index is 1.21. The van der Waals surface area contributed by atoms with Crippen LogP contribution in [0.3, 0.4) is 0 Å². The van der Waals surface area contributed by atoms with Crippen molar-refractivity contribution in [3.63, 3.8) is 0 Å². The van der Waals surface area contributed by atoms with Crippen LogP contribution in [0.15, 0.2) is 48.5 Å². The fourth-order valence-electron chi connectivity index (χ4n) is 5.98. The van der Waals surface area contributed by atoms with Crippen molar-refractivity contribution in [2.75, 3.05) is 6.61 Å². The topological polar surface area (TPSA) is 105 Å². The quantitative estimate of drug-likeness (QED) is 0.576. The summed E-state index contributed by atoms with van der Waals surface area (Å²) in [5, 5.41) is 14.8. The lowest BCUT2D eigenvalue weighted by Crippen LogP contribution is -2.58. The van der Waals surface area contributed by atoms with E-state index >= 15 is 0 Å². The SMILES string of the molecule is O=C(O)CC(NC(=O)OCC1c2ccccc2-c2ccccc21)C(=O)N[C@@H]1C[C@@H]2CCCC[C@@H]21. The number of ether oxygens (including phenoxy) is 1. The molecule has 3 aliphatic carbocycles. The highest BCUT2D eigenvalue weighted by Crippen LogP contribution is 2.45. The predicted molar refractivity (Wildman–Crippen MR) is 126 cm³/mol. The molecule has 2 aromatic rings. The zero-order valence-electron chi connectivity index (χ0n) is 19.0. The Morgan fingerprint density at radius 3 is 2.26 bits per heavy atom. The molecule has 0 heterocycles. The third kappa shape index (κ3) is 4.39. The Kier molecular flexibility index (Phi) is 6.26. The molecule has 2 saturated carbocycles. The van der Waals surface area contributed by atoms with Gasteiger partial charge in [0, 0.05) is 12.0 Å². The van der Waals surface area contributed by atoms with E-state index in [0.717, 1.165) is 35.1 Å². The number of carboxylic acids is 1. The van der Waals surface area contributed by atoms with Crippen LogP contribution >= 0.6 is 0 Å². The van der Waals surface area contributed by atoms with Crippen molar-refractivity contribution in [1.82, 2.24) is 10.6 Å². The summed E-state index contributed by atoms with van der Waals surface area (Å²) in [5.74, 6) is -0.582. The minimum atomic E-state index is -1.17. The van der Waals surface area contributed by atoms with Crippen LogP contribution in [0.4, 0.5) is 4.79 Å². The molecule has 2 amide bonds. The Bertz CT molecular complexity index is 1050. The Hall–Kier alpha value is -3.35. The van der Waals surface area contributed by atoms with E-state index in [1.165, 1.54) is 19.3 Å². The zero-order chi connectivity index (χ0) is 23.7. The van der Waals surface area contributed by atoms with Crippen LogP contribution in [0.1, 0.15) is 55.6 Å². The average molecular weight is 463 g/mol. The van der Waals surface area contributed by atoms with Gasteiger partial charge in [-0.1, -0.05) is 67.8 Å². The van der Waals surface area contributed by atoms with Crippen LogP contribution in [-0.4, -0.2) is 41.8 Å². The molecule has 0 aromatic heterocycles. The number of alkyl carbamates (subject to hydrolysis) is 1. The Labute approximate surface area is 198 Å². The number of hydrogen-bond acceptors (Lipinski definition) is 4. The van der Waals surface area contributed by atoms with Crippen LogP contribution in [0, 0.1) is 11.8 Å². The van der Waals surface area contributed by atoms with Crippen molar-refractivity contribution in [2.24, 2.45) is 11.8 Å². The first-order chi connectivity index (χ1) is 16.5. The summed E-state index contributed by atoms with van der Waals surface area (Å²) < 4.78 is 5.51. The van der Waals surface area contributed by atoms with E-state index in [9.17, 15) is 19.5 Å². The predicted octanol–water partition coefficient (Wildman–Crippen LogP) is 4.06. The smallest absolute Gasteiger partial charge is 0.407 e. The standard InChI is InChI=1S/C27H30N2O5/c30-25(31)14-24(26(32)28-23-13-16-7-1-2-8-17(16)23)29-27(33)34-15-22-20-11-5-3-9-18(20)19-10-4-6-12-21(19)22/h3-6,9-12,16-17,22-24H,1-2,7-8,13-15H2,(H,28,32)(H,29,33)(H,30,31)/t16-,17-,23+,24?/m0/s1. The van der Waals surface area contributed by atoms with Crippen molar-refractivity contribution in [1.29, 1.82) is 0 Å². The number of amides is 2. The van der Waals surface area contributed by atoms with E-state index in [1.807, 2.05) is 36.4 Å². The van der Waals surface area contributed by atoms with Crippen molar-refractivity contribution in [2.45, 2.75) is 56.5 Å². The number of carbonyl (C=O) groups is 3. The monoisotopic (exact) mass is 462 g/mol. The largest absolute Gasteiger partial charge is 0.481 e. The molecule has 7 heteroatoms. The number of carbonyl (C=O) groups excluding carboxylic acids is 2. The molecule has 34 heavy (non-hydrogen) atoms. The summed E-state index contributed by atoms with van der Waals surface area (Å²) >= 11 is 0. The molecule has 3 aliphatic rings. The van der Waals surface area contributed by atoms with E-state index in [-0.39, 0.29) is 18.6 Å². The van der Waals surface area contributed by atoms with E-state index in [4.69, 9.17) is 4.74 Å². The molecule has 0 bridgehead atoms. The number of carboxylic acid groups (broad SMARTS) is 1. The minimum absolute atomic E-state index is 0.0680. The molecule has 2 fully saturated rings. The van der Waals surface area contributed by atoms with Crippen LogP contribution < -0.4 is 10.6 Å². The fraction of sp³-hybridized carbons (Fsp3) is 0.444. The average Bonchev–Trinajstić information content (AvgIpc) is 3.14. The molecule has 0 aliphatic heterocycles. The van der Waals surface area contributed by atoms with Crippen molar-refractivity contribution < 1.29 is 24.2 Å². The maximum atomic E-state index is 12.8. The molecule has 7 nitrogen and oxygen atoms in total. The lowest BCUT2D eigenvalue weighted by atomic mass is 9.62. The van der Waals surface area contributed by atoms with Gasteiger partial charge in [0.2, 0.25) is 5.91 Å². The Morgan fingerprint density at radius 2 is 1.62 bits per heavy atom. The molecule has 178 valence electrons. The van der Waals surface area contributed by atoms with Crippen molar-refractivity contribution >= 4 is 18.0 Å². The van der Waals surface area contributed by atoms with Gasteiger partial charge in [-0.3, -0.25) is 9.59 Å². The molecule has 1 unspecified atom stereocenters. The van der Waals surface area contributed by atoms with Crippen LogP contribution in [0.5, 0.6) is 0 Å². The lowest BCUT2D eigenvalue weighted by Gasteiger charge is -2.48. The first-order valence-corrected chi connectivity index (χ1v) is 12.1. The number of hydrogen-bond donors (Lipinski definition) is 3. The highest BCUT2D eigenvalue weighted by molar-refractivity contribution is 5.89. The summed E-state index contributed by atoms with van der Waals surface area (Å²) in [6, 6.07) is 15.0. The second kappa shape index (κ2) is 9.49. The number of fused-ring (bicyclic) bond motifs is 4. The number of nitrogens with one attached hydrogen (secondary N) is 2. The second-order valence-electron chi connectivity index (χ2n) is 9.68. The minimum Gasteiger partial charge on any atom is -0.481 e. The summed E-state index contributed by atoms with van der Waals surface area (Å²) in [6.45, 7) is 0.105. The first kappa shape index (κ1) is 22.4. The van der Waals surface area contributed by atoms with E-state index < -0.39 is 30.4 Å². The highest BCUT2D eigenvalue weighted by atomic mass is 16.5. The van der Waals surface area contributed by atoms with Crippen molar-refractivity contribution in [3.05, 3.63) is 59.7 Å². The van der Waals surface area contributed by atoms with Gasteiger partial charge in [-0.2, -0.15) is 0 Å². The van der Waals surface area contributed by atoms with E-state index in [2.05, 4.69) is 22.8 Å². The van der Waals surface area contributed by atoms with Gasteiger partial charge in [0.1, 0.15) is 12.6 Å². The third-order valence-corrected chi connectivity index (χ3v) is 7.70. The molecule has 4 atom stereocenters. The van der Waals surface area contributed by atoms with E-state index in [0.29, 0.717) is 11.8 Å². The maximum absolute atomic E-state index is 12.8. The highest BCUT2D eigenvalue weighted by Gasteiger charge is 2.43. The number of aliphatic carboxylic acids is 1. The van der Waals surface area contributed by atoms with E-state index in [1.54, 1.807) is 0 Å². The first-order valence-electron chi connectivity index (χ1n) is 12.1. The molecule has 0 saturated heterocycles. The van der Waals surface area contributed by atoms with Gasteiger partial charge < -0.3 is 20.5 Å².